The Morgan fingerprint density at radius 2 is 0.982 bits per heavy atom. The highest BCUT2D eigenvalue weighted by Crippen LogP contribution is 2.41. The molecule has 56 heavy (non-hydrogen) atoms. The summed E-state index contributed by atoms with van der Waals surface area (Å²) in [4.78, 5) is 27.0. The average Bonchev–Trinajstić information content (AvgIpc) is 3.80. The maximum atomic E-state index is 13.5. The second kappa shape index (κ2) is 18.7. The molecule has 0 unspecified atom stereocenters. The molecule has 2 aromatic heterocycles. The van der Waals surface area contributed by atoms with Crippen LogP contribution in [0.4, 0.5) is 0 Å². The fraction of sp³-hybridized carbons (Fsp3) is 0.304. The number of rotatable bonds is 18. The molecule has 0 saturated carbocycles. The second-order valence-electron chi connectivity index (χ2n) is 13.7. The molecule has 4 aromatic carbocycles. The molecule has 0 atom stereocenters. The van der Waals surface area contributed by atoms with Gasteiger partial charge in [-0.15, -0.1) is 0 Å². The van der Waals surface area contributed by atoms with Gasteiger partial charge < -0.3 is 38.0 Å². The molecule has 0 radical (unpaired) electrons. The minimum Gasteiger partial charge on any atom is -0.493 e. The molecule has 0 aliphatic heterocycles. The van der Waals surface area contributed by atoms with Gasteiger partial charge >= 0.3 is 11.9 Å². The number of methoxy groups -OCH3 is 2. The zero-order chi connectivity index (χ0) is 39.6. The summed E-state index contributed by atoms with van der Waals surface area (Å²) in [6.07, 6.45) is 8.96. The van der Waals surface area contributed by atoms with Gasteiger partial charge in [0, 0.05) is 21.9 Å². The monoisotopic (exact) mass is 760 g/mol. The molecule has 10 nitrogen and oxygen atoms in total. The number of hydrogen-bond acceptors (Lipinski definition) is 10. The molecule has 0 fully saturated rings. The van der Waals surface area contributed by atoms with Crippen LogP contribution in [0.15, 0.2) is 93.8 Å². The maximum Gasteiger partial charge on any atom is 0.342 e. The molecular formula is C46H48O10. The van der Waals surface area contributed by atoms with Crippen LogP contribution in [-0.4, -0.2) is 49.6 Å². The normalized spacial score (nSPS) is 11.5. The van der Waals surface area contributed by atoms with Gasteiger partial charge in [-0.25, -0.2) is 9.59 Å². The van der Waals surface area contributed by atoms with Gasteiger partial charge in [0.1, 0.15) is 22.6 Å². The van der Waals surface area contributed by atoms with Crippen molar-refractivity contribution in [2.45, 2.75) is 65.6 Å². The van der Waals surface area contributed by atoms with Gasteiger partial charge in [0.05, 0.1) is 40.6 Å². The first-order valence-electron chi connectivity index (χ1n) is 18.9. The number of esters is 2. The van der Waals surface area contributed by atoms with Crippen molar-refractivity contribution in [1.29, 1.82) is 0 Å². The number of unbranched alkanes of at least 4 members (excludes halogenated alkanes) is 4. The summed E-state index contributed by atoms with van der Waals surface area (Å²) in [5.74, 6) is 0.679. The minimum atomic E-state index is -0.491. The summed E-state index contributed by atoms with van der Waals surface area (Å²) in [7, 11) is 3.04. The van der Waals surface area contributed by atoms with E-state index in [0.29, 0.717) is 80.1 Å². The largest absolute Gasteiger partial charge is 0.493 e. The van der Waals surface area contributed by atoms with E-state index in [9.17, 15) is 19.8 Å². The van der Waals surface area contributed by atoms with Crippen LogP contribution in [0.1, 0.15) is 81.5 Å². The summed E-state index contributed by atoms with van der Waals surface area (Å²) >= 11 is 0. The van der Waals surface area contributed by atoms with E-state index in [1.54, 1.807) is 24.3 Å². The third-order valence-corrected chi connectivity index (χ3v) is 9.63. The van der Waals surface area contributed by atoms with Crippen molar-refractivity contribution in [3.63, 3.8) is 0 Å². The van der Waals surface area contributed by atoms with E-state index in [-0.39, 0.29) is 26.4 Å². The highest BCUT2D eigenvalue weighted by atomic mass is 16.5. The molecule has 0 amide bonds. The summed E-state index contributed by atoms with van der Waals surface area (Å²) < 4.78 is 34.9. The fourth-order valence-corrected chi connectivity index (χ4v) is 6.60. The van der Waals surface area contributed by atoms with Crippen LogP contribution in [0.25, 0.3) is 44.6 Å². The van der Waals surface area contributed by atoms with Gasteiger partial charge in [-0.05, 0) is 87.8 Å². The number of allylic oxidation sites excluding steroid dienone is 2. The average molecular weight is 761 g/mol. The van der Waals surface area contributed by atoms with Crippen LogP contribution in [0.5, 0.6) is 11.5 Å². The van der Waals surface area contributed by atoms with Crippen LogP contribution in [0.3, 0.4) is 0 Å². The molecule has 0 bridgehead atoms. The summed E-state index contributed by atoms with van der Waals surface area (Å²) in [5.41, 5.74) is 6.31. The minimum absolute atomic E-state index is 0.212. The molecule has 0 aliphatic rings. The van der Waals surface area contributed by atoms with E-state index < -0.39 is 11.9 Å². The highest BCUT2D eigenvalue weighted by Gasteiger charge is 2.27. The first-order chi connectivity index (χ1) is 27.3. The Labute approximate surface area is 326 Å². The van der Waals surface area contributed by atoms with Crippen molar-refractivity contribution < 1.29 is 47.6 Å². The number of furan rings is 2. The van der Waals surface area contributed by atoms with Crippen LogP contribution in [0, 0.1) is 13.8 Å². The Morgan fingerprint density at radius 3 is 1.34 bits per heavy atom. The summed E-state index contributed by atoms with van der Waals surface area (Å²) in [6, 6.07) is 22.3. The molecule has 2 N–H and O–H groups in total. The number of carbonyl (C=O) groups is 2. The fourth-order valence-electron chi connectivity index (χ4n) is 6.60. The molecule has 0 aliphatic carbocycles. The lowest BCUT2D eigenvalue weighted by Gasteiger charge is -2.07. The summed E-state index contributed by atoms with van der Waals surface area (Å²) in [6.45, 7) is 4.06. The SMILES string of the molecule is COc1cc(CO)cc2c(C(=O)OCCCCC=CCCCCOC(=O)c3c(-c4ccc(C)cc4)oc4c(OC)cc(CO)cc34)c(-c3ccc(C)cc3)oc12. The molecule has 2 heterocycles. The van der Waals surface area contributed by atoms with Crippen LogP contribution in [0.2, 0.25) is 0 Å². The van der Waals surface area contributed by atoms with E-state index in [4.69, 9.17) is 27.8 Å². The predicted molar refractivity (Wildman–Crippen MR) is 215 cm³/mol. The Morgan fingerprint density at radius 1 is 0.589 bits per heavy atom. The molecular weight excluding hydrogens is 712 g/mol. The standard InChI is InChI=1S/C46H48O10/c1-29-13-17-33(18-14-29)41-39(35-23-31(27-47)25-37(51-3)43(35)55-41)45(49)53-21-11-9-7-5-6-8-10-12-22-54-46(50)40-36-24-32(28-48)26-38(52-4)44(36)56-42(40)34-19-15-30(2)16-20-34/h5-6,13-20,23-26,47-48H,7-12,21-22,27-28H2,1-4H3. The Hall–Kier alpha value is -5.84. The van der Waals surface area contributed by atoms with Gasteiger partial charge in [-0.1, -0.05) is 71.8 Å². The smallest absolute Gasteiger partial charge is 0.342 e. The molecule has 0 spiro atoms. The Balaban J connectivity index is 0.976. The van der Waals surface area contributed by atoms with Gasteiger partial charge in [-0.2, -0.15) is 0 Å². The van der Waals surface area contributed by atoms with Crippen molar-refractivity contribution in [3.05, 3.63) is 118 Å². The first-order valence-corrected chi connectivity index (χ1v) is 18.9. The number of aryl methyl sites for hydroxylation is 2. The van der Waals surface area contributed by atoms with Crippen molar-refractivity contribution in [2.24, 2.45) is 0 Å². The lowest BCUT2D eigenvalue weighted by molar-refractivity contribution is 0.0491. The molecule has 292 valence electrons. The van der Waals surface area contributed by atoms with Crippen molar-refractivity contribution >= 4 is 33.9 Å². The van der Waals surface area contributed by atoms with Crippen molar-refractivity contribution in [1.82, 2.24) is 0 Å². The van der Waals surface area contributed by atoms with Gasteiger partial charge in [0.15, 0.2) is 22.7 Å². The molecule has 6 rings (SSSR count). The van der Waals surface area contributed by atoms with Crippen LogP contribution < -0.4 is 9.47 Å². The number of aliphatic hydroxyl groups is 2. The lowest BCUT2D eigenvalue weighted by atomic mass is 10.0. The number of carbonyl (C=O) groups excluding carboxylic acids is 2. The van der Waals surface area contributed by atoms with E-state index in [1.807, 2.05) is 62.4 Å². The van der Waals surface area contributed by atoms with E-state index >= 15 is 0 Å². The van der Waals surface area contributed by atoms with E-state index in [1.165, 1.54) is 14.2 Å². The van der Waals surface area contributed by atoms with Gasteiger partial charge in [0.2, 0.25) is 0 Å². The Kier molecular flexibility index (Phi) is 13.3. The lowest BCUT2D eigenvalue weighted by Crippen LogP contribution is -2.07. The molecule has 10 heteroatoms. The van der Waals surface area contributed by atoms with Crippen LogP contribution in [-0.2, 0) is 22.7 Å². The number of fused-ring (bicyclic) bond motifs is 2. The maximum absolute atomic E-state index is 13.5. The van der Waals surface area contributed by atoms with Crippen molar-refractivity contribution in [2.75, 3.05) is 27.4 Å². The van der Waals surface area contributed by atoms with E-state index in [2.05, 4.69) is 12.2 Å². The topological polar surface area (TPSA) is 138 Å². The third kappa shape index (κ3) is 8.99. The highest BCUT2D eigenvalue weighted by molar-refractivity contribution is 6.11. The third-order valence-electron chi connectivity index (χ3n) is 9.63. The summed E-state index contributed by atoms with van der Waals surface area (Å²) in [5, 5.41) is 20.7. The zero-order valence-electron chi connectivity index (χ0n) is 32.3. The van der Waals surface area contributed by atoms with Crippen molar-refractivity contribution in [3.8, 4) is 34.1 Å². The number of ether oxygens (including phenoxy) is 4. The number of benzene rings is 4. The number of hydrogen-bond donors (Lipinski definition) is 2. The quantitative estimate of drug-likeness (QED) is 0.0495. The predicted octanol–water partition coefficient (Wildman–Crippen LogP) is 10.0. The van der Waals surface area contributed by atoms with Gasteiger partial charge in [-0.3, -0.25) is 0 Å². The molecule has 0 saturated heterocycles. The van der Waals surface area contributed by atoms with E-state index in [0.717, 1.165) is 47.9 Å². The number of aliphatic hydroxyl groups excluding tert-OH is 2. The Bertz CT molecular complexity index is 2150. The zero-order valence-corrected chi connectivity index (χ0v) is 32.3. The first kappa shape index (κ1) is 39.8. The van der Waals surface area contributed by atoms with Crippen LogP contribution >= 0.6 is 0 Å². The van der Waals surface area contributed by atoms with Gasteiger partial charge in [0.25, 0.3) is 0 Å². The second-order valence-corrected chi connectivity index (χ2v) is 13.7. The molecule has 6 aromatic rings.